The molecule has 0 amide bonds. The molecule has 1 aliphatic rings. The standard InChI is InChI=1S/C14H15N5S2/c1-2-11-13(15-3-1)21-12(17-11)10-18-5-7-19(8-6-18)14-16-4-9-20-14/h1-4,9H,5-8,10H2. The maximum Gasteiger partial charge on any atom is 0.185 e. The van der Waals surface area contributed by atoms with Crippen LogP contribution in [0.15, 0.2) is 29.9 Å². The molecule has 0 atom stereocenters. The average molecular weight is 317 g/mol. The molecule has 0 unspecified atom stereocenters. The topological polar surface area (TPSA) is 45.2 Å². The number of hydrogen-bond donors (Lipinski definition) is 0. The van der Waals surface area contributed by atoms with E-state index in [1.807, 2.05) is 29.9 Å². The second-order valence-electron chi connectivity index (χ2n) is 5.01. The maximum absolute atomic E-state index is 4.67. The number of anilines is 1. The second-order valence-corrected chi connectivity index (χ2v) is 6.95. The lowest BCUT2D eigenvalue weighted by Gasteiger charge is -2.33. The fourth-order valence-corrected chi connectivity index (χ4v) is 4.19. The fraction of sp³-hybridized carbons (Fsp3) is 0.357. The van der Waals surface area contributed by atoms with Crippen molar-refractivity contribution in [3.63, 3.8) is 0 Å². The highest BCUT2D eigenvalue weighted by molar-refractivity contribution is 7.18. The molecule has 1 aliphatic heterocycles. The highest BCUT2D eigenvalue weighted by Crippen LogP contribution is 2.22. The molecule has 5 nitrogen and oxygen atoms in total. The van der Waals surface area contributed by atoms with Gasteiger partial charge in [-0.2, -0.15) is 0 Å². The van der Waals surface area contributed by atoms with Gasteiger partial charge in [0, 0.05) is 44.0 Å². The lowest BCUT2D eigenvalue weighted by Crippen LogP contribution is -2.45. The zero-order valence-electron chi connectivity index (χ0n) is 11.5. The highest BCUT2D eigenvalue weighted by atomic mass is 32.1. The van der Waals surface area contributed by atoms with Gasteiger partial charge in [-0.15, -0.1) is 11.3 Å². The van der Waals surface area contributed by atoms with Crippen molar-refractivity contribution in [2.75, 3.05) is 31.1 Å². The van der Waals surface area contributed by atoms with E-state index >= 15 is 0 Å². The summed E-state index contributed by atoms with van der Waals surface area (Å²) in [6, 6.07) is 3.97. The third-order valence-electron chi connectivity index (χ3n) is 3.63. The van der Waals surface area contributed by atoms with Crippen LogP contribution < -0.4 is 4.90 Å². The van der Waals surface area contributed by atoms with Crippen LogP contribution in [0.5, 0.6) is 0 Å². The Labute approximate surface area is 130 Å². The van der Waals surface area contributed by atoms with Crippen LogP contribution in [0.1, 0.15) is 5.01 Å². The number of rotatable bonds is 3. The minimum atomic E-state index is 0.923. The monoisotopic (exact) mass is 317 g/mol. The number of thiazole rings is 2. The molecule has 0 aliphatic carbocycles. The third-order valence-corrected chi connectivity index (χ3v) is 5.43. The van der Waals surface area contributed by atoms with Crippen molar-refractivity contribution in [3.05, 3.63) is 34.9 Å². The van der Waals surface area contributed by atoms with Crippen LogP contribution in [0.4, 0.5) is 5.13 Å². The fourth-order valence-electron chi connectivity index (χ4n) is 2.54. The van der Waals surface area contributed by atoms with E-state index in [4.69, 9.17) is 0 Å². The number of hydrogen-bond acceptors (Lipinski definition) is 7. The SMILES string of the molecule is c1cnc2sc(CN3CCN(c4nccs4)CC3)nc2c1. The Hall–Kier alpha value is -1.57. The van der Waals surface area contributed by atoms with Crippen molar-refractivity contribution in [2.24, 2.45) is 0 Å². The van der Waals surface area contributed by atoms with E-state index in [2.05, 4.69) is 24.8 Å². The Balaban J connectivity index is 1.40. The summed E-state index contributed by atoms with van der Waals surface area (Å²) in [4.78, 5) is 19.3. The van der Waals surface area contributed by atoms with Crippen molar-refractivity contribution in [1.82, 2.24) is 19.9 Å². The summed E-state index contributed by atoms with van der Waals surface area (Å²) in [5, 5.41) is 4.33. The van der Waals surface area contributed by atoms with Crippen LogP contribution in [0.3, 0.4) is 0 Å². The minimum absolute atomic E-state index is 0.923. The van der Waals surface area contributed by atoms with E-state index in [-0.39, 0.29) is 0 Å². The second kappa shape index (κ2) is 5.67. The Morgan fingerprint density at radius 2 is 2.00 bits per heavy atom. The first-order valence-electron chi connectivity index (χ1n) is 6.96. The first-order chi connectivity index (χ1) is 10.4. The molecule has 7 heteroatoms. The molecule has 0 spiro atoms. The number of nitrogens with zero attached hydrogens (tertiary/aromatic N) is 5. The van der Waals surface area contributed by atoms with Crippen LogP contribution in [0, 0.1) is 0 Å². The first-order valence-corrected chi connectivity index (χ1v) is 8.65. The zero-order valence-corrected chi connectivity index (χ0v) is 13.1. The van der Waals surface area contributed by atoms with Crippen molar-refractivity contribution >= 4 is 38.2 Å². The lowest BCUT2D eigenvalue weighted by atomic mass is 10.3. The third kappa shape index (κ3) is 2.76. The molecule has 0 saturated carbocycles. The van der Waals surface area contributed by atoms with Crippen molar-refractivity contribution in [3.8, 4) is 0 Å². The van der Waals surface area contributed by atoms with Crippen molar-refractivity contribution in [2.45, 2.75) is 6.54 Å². The summed E-state index contributed by atoms with van der Waals surface area (Å²) >= 11 is 3.42. The van der Waals surface area contributed by atoms with Crippen LogP contribution >= 0.6 is 22.7 Å². The smallest absolute Gasteiger partial charge is 0.185 e. The van der Waals surface area contributed by atoms with Crippen LogP contribution in [0.25, 0.3) is 10.3 Å². The van der Waals surface area contributed by atoms with E-state index < -0.39 is 0 Å². The molecule has 0 bridgehead atoms. The summed E-state index contributed by atoms with van der Waals surface area (Å²) in [5.41, 5.74) is 1.01. The molecule has 108 valence electrons. The maximum atomic E-state index is 4.67. The average Bonchev–Trinajstić information content (AvgIpc) is 3.17. The summed E-state index contributed by atoms with van der Waals surface area (Å²) in [5.74, 6) is 0. The lowest BCUT2D eigenvalue weighted by molar-refractivity contribution is 0.249. The predicted molar refractivity (Wildman–Crippen MR) is 87.0 cm³/mol. The Kier molecular flexibility index (Phi) is 3.54. The molecular weight excluding hydrogens is 302 g/mol. The van der Waals surface area contributed by atoms with E-state index in [0.29, 0.717) is 0 Å². The number of pyridine rings is 1. The van der Waals surface area contributed by atoms with Crippen molar-refractivity contribution < 1.29 is 0 Å². The Morgan fingerprint density at radius 1 is 1.10 bits per heavy atom. The summed E-state index contributed by atoms with van der Waals surface area (Å²) in [7, 11) is 0. The van der Waals surface area contributed by atoms with Crippen LogP contribution in [-0.2, 0) is 6.54 Å². The number of fused-ring (bicyclic) bond motifs is 1. The van der Waals surface area contributed by atoms with Crippen molar-refractivity contribution in [1.29, 1.82) is 0 Å². The van der Waals surface area contributed by atoms with Gasteiger partial charge in [-0.25, -0.2) is 15.0 Å². The highest BCUT2D eigenvalue weighted by Gasteiger charge is 2.19. The van der Waals surface area contributed by atoms with E-state index in [0.717, 1.165) is 53.2 Å². The quantitative estimate of drug-likeness (QED) is 0.742. The summed E-state index contributed by atoms with van der Waals surface area (Å²) < 4.78 is 0. The van der Waals surface area contributed by atoms with Gasteiger partial charge in [0.05, 0.1) is 6.54 Å². The molecule has 4 rings (SSSR count). The van der Waals surface area contributed by atoms with Gasteiger partial charge in [-0.05, 0) is 12.1 Å². The number of piperazine rings is 1. The molecule has 0 aromatic carbocycles. The van der Waals surface area contributed by atoms with Gasteiger partial charge in [0.2, 0.25) is 0 Å². The van der Waals surface area contributed by atoms with E-state index in [1.54, 1.807) is 22.7 Å². The van der Waals surface area contributed by atoms with Crippen LogP contribution in [-0.4, -0.2) is 46.0 Å². The van der Waals surface area contributed by atoms with E-state index in [1.165, 1.54) is 0 Å². The van der Waals surface area contributed by atoms with Gasteiger partial charge >= 0.3 is 0 Å². The zero-order chi connectivity index (χ0) is 14.1. The molecule has 4 heterocycles. The van der Waals surface area contributed by atoms with Gasteiger partial charge in [-0.3, -0.25) is 4.90 Å². The molecule has 3 aromatic heterocycles. The Bertz CT molecular complexity index is 683. The van der Waals surface area contributed by atoms with Crippen LogP contribution in [0.2, 0.25) is 0 Å². The largest absolute Gasteiger partial charge is 0.346 e. The first kappa shape index (κ1) is 13.1. The van der Waals surface area contributed by atoms with Gasteiger partial charge in [0.1, 0.15) is 15.4 Å². The van der Waals surface area contributed by atoms with Gasteiger partial charge < -0.3 is 4.90 Å². The number of aromatic nitrogens is 3. The van der Waals surface area contributed by atoms with E-state index in [9.17, 15) is 0 Å². The Morgan fingerprint density at radius 3 is 2.76 bits per heavy atom. The predicted octanol–water partition coefficient (Wildman–Crippen LogP) is 2.47. The molecule has 3 aromatic rings. The normalized spacial score (nSPS) is 16.7. The molecule has 0 radical (unpaired) electrons. The van der Waals surface area contributed by atoms with Gasteiger partial charge in [-0.1, -0.05) is 11.3 Å². The molecule has 21 heavy (non-hydrogen) atoms. The summed E-state index contributed by atoms with van der Waals surface area (Å²) in [6.07, 6.45) is 3.71. The van der Waals surface area contributed by atoms with Gasteiger partial charge in [0.15, 0.2) is 5.13 Å². The molecular formula is C14H15N5S2. The molecule has 0 N–H and O–H groups in total. The molecule has 1 fully saturated rings. The molecule has 1 saturated heterocycles. The van der Waals surface area contributed by atoms with Gasteiger partial charge in [0.25, 0.3) is 0 Å². The minimum Gasteiger partial charge on any atom is -0.346 e. The summed E-state index contributed by atoms with van der Waals surface area (Å²) in [6.45, 7) is 5.12.